The first-order valence-electron chi connectivity index (χ1n) is 13.1. The van der Waals surface area contributed by atoms with E-state index in [1.54, 1.807) is 4.90 Å². The van der Waals surface area contributed by atoms with Gasteiger partial charge < -0.3 is 19.1 Å². The van der Waals surface area contributed by atoms with E-state index in [-0.39, 0.29) is 30.8 Å². The first kappa shape index (κ1) is 25.7. The van der Waals surface area contributed by atoms with Crippen LogP contribution in [0.2, 0.25) is 0 Å². The highest BCUT2D eigenvalue weighted by Gasteiger charge is 2.43. The molecule has 0 spiro atoms. The van der Waals surface area contributed by atoms with E-state index in [0.29, 0.717) is 50.4 Å². The van der Waals surface area contributed by atoms with Gasteiger partial charge in [-0.05, 0) is 44.1 Å². The second-order valence-corrected chi connectivity index (χ2v) is 10.3. The Bertz CT molecular complexity index is 1130. The summed E-state index contributed by atoms with van der Waals surface area (Å²) in [5.74, 6) is 0.855. The molecule has 5 rings (SSSR count). The van der Waals surface area contributed by atoms with Gasteiger partial charge in [-0.15, -0.1) is 0 Å². The predicted molar refractivity (Wildman–Crippen MR) is 136 cm³/mol. The largest absolute Gasteiger partial charge is 0.476 e. The molecule has 0 atom stereocenters. The van der Waals surface area contributed by atoms with E-state index >= 15 is 0 Å². The third kappa shape index (κ3) is 6.51. The van der Waals surface area contributed by atoms with Gasteiger partial charge >= 0.3 is 12.2 Å². The van der Waals surface area contributed by atoms with Crippen molar-refractivity contribution >= 4 is 23.9 Å². The smallest absolute Gasteiger partial charge is 0.410 e. The Hall–Kier alpha value is -3.89. The van der Waals surface area contributed by atoms with Crippen molar-refractivity contribution in [1.29, 1.82) is 0 Å². The molecular formula is C27H33N5O6. The topological polar surface area (TPSA) is 114 Å². The molecule has 2 saturated heterocycles. The quantitative estimate of drug-likeness (QED) is 0.543. The van der Waals surface area contributed by atoms with Gasteiger partial charge in [-0.1, -0.05) is 30.3 Å². The summed E-state index contributed by atoms with van der Waals surface area (Å²) >= 11 is 0. The number of piperazine rings is 1. The van der Waals surface area contributed by atoms with E-state index in [2.05, 4.69) is 9.97 Å². The fourth-order valence-electron chi connectivity index (χ4n) is 4.44. The molecule has 11 nitrogen and oxygen atoms in total. The summed E-state index contributed by atoms with van der Waals surface area (Å²) in [6, 6.07) is 9.40. The number of amides is 3. The van der Waals surface area contributed by atoms with E-state index in [0.717, 1.165) is 31.2 Å². The summed E-state index contributed by atoms with van der Waals surface area (Å²) in [5, 5.41) is 0. The molecule has 0 unspecified atom stereocenters. The number of hydrogen-bond acceptors (Lipinski definition) is 8. The second kappa shape index (κ2) is 11.2. The van der Waals surface area contributed by atoms with Crippen LogP contribution in [-0.2, 0) is 20.9 Å². The number of carbonyl (C=O) groups excluding carboxylic acids is 3. The van der Waals surface area contributed by atoms with Gasteiger partial charge in [0.25, 0.3) is 0 Å². The Morgan fingerprint density at radius 1 is 0.974 bits per heavy atom. The van der Waals surface area contributed by atoms with E-state index in [1.165, 1.54) is 22.2 Å². The number of carbonyl (C=O) groups is 3. The number of piperidine rings is 1. The lowest BCUT2D eigenvalue weighted by atomic mass is 9.98. The maximum absolute atomic E-state index is 12.7. The van der Waals surface area contributed by atoms with Gasteiger partial charge in [0.05, 0.1) is 19.0 Å². The predicted octanol–water partition coefficient (Wildman–Crippen LogP) is 3.24. The molecule has 0 radical (unpaired) electrons. The van der Waals surface area contributed by atoms with E-state index in [1.807, 2.05) is 37.3 Å². The van der Waals surface area contributed by atoms with Crippen LogP contribution in [0.3, 0.4) is 0 Å². The molecule has 202 valence electrons. The van der Waals surface area contributed by atoms with Crippen LogP contribution in [0, 0.1) is 5.92 Å². The highest BCUT2D eigenvalue weighted by atomic mass is 16.6. The molecule has 1 saturated carbocycles. The highest BCUT2D eigenvalue weighted by molar-refractivity contribution is 5.96. The summed E-state index contributed by atoms with van der Waals surface area (Å²) in [4.78, 5) is 50.7. The van der Waals surface area contributed by atoms with Crippen molar-refractivity contribution in [3.05, 3.63) is 48.3 Å². The van der Waals surface area contributed by atoms with Gasteiger partial charge in [0, 0.05) is 26.2 Å². The maximum atomic E-state index is 12.7. The minimum absolute atomic E-state index is 0.0843. The van der Waals surface area contributed by atoms with Crippen LogP contribution in [0.25, 0.3) is 0 Å². The zero-order valence-electron chi connectivity index (χ0n) is 21.6. The Morgan fingerprint density at radius 2 is 1.74 bits per heavy atom. The molecule has 0 bridgehead atoms. The Balaban J connectivity index is 1.03. The molecule has 1 aromatic carbocycles. The third-order valence-corrected chi connectivity index (χ3v) is 7.20. The SMILES string of the molecule is CC1(OC(=O)N2CCC(COc3cnc(N4CCN(C(=O)OCc5ccccc5)CC4=O)cn3)CC2)CC1. The number of likely N-dealkylation sites (tertiary alicyclic amines) is 1. The average molecular weight is 524 g/mol. The van der Waals surface area contributed by atoms with Gasteiger partial charge in [0.1, 0.15) is 18.8 Å². The monoisotopic (exact) mass is 523 g/mol. The lowest BCUT2D eigenvalue weighted by molar-refractivity contribution is -0.121. The lowest BCUT2D eigenvalue weighted by Crippen LogP contribution is -2.52. The first-order chi connectivity index (χ1) is 18.4. The number of nitrogens with zero attached hydrogens (tertiary/aromatic N) is 5. The zero-order valence-corrected chi connectivity index (χ0v) is 21.6. The highest BCUT2D eigenvalue weighted by Crippen LogP contribution is 2.39. The third-order valence-electron chi connectivity index (χ3n) is 7.20. The molecule has 3 aliphatic rings. The minimum Gasteiger partial charge on any atom is -0.476 e. The van der Waals surface area contributed by atoms with Gasteiger partial charge in [0.2, 0.25) is 11.8 Å². The molecule has 1 aromatic heterocycles. The van der Waals surface area contributed by atoms with Crippen molar-refractivity contribution in [3.63, 3.8) is 0 Å². The minimum atomic E-state index is -0.517. The Morgan fingerprint density at radius 3 is 2.39 bits per heavy atom. The molecule has 38 heavy (non-hydrogen) atoms. The van der Waals surface area contributed by atoms with Gasteiger partial charge in [0.15, 0.2) is 5.82 Å². The first-order valence-corrected chi connectivity index (χ1v) is 13.1. The number of benzene rings is 1. The normalized spacial score (nSPS) is 19.2. The summed E-state index contributed by atoms with van der Waals surface area (Å²) < 4.78 is 16.7. The standard InChI is InChI=1S/C27H33N5O6/c1-27(9-10-27)38-26(35)30-11-7-21(8-12-30)18-36-23-16-28-22(15-29-23)32-14-13-31(17-24(32)33)25(34)37-19-20-5-3-2-4-6-20/h2-6,15-16,21H,7-14,17-19H2,1H3. The van der Waals surface area contributed by atoms with E-state index in [9.17, 15) is 14.4 Å². The number of ether oxygens (including phenoxy) is 3. The van der Waals surface area contributed by atoms with E-state index in [4.69, 9.17) is 14.2 Å². The summed E-state index contributed by atoms with van der Waals surface area (Å²) in [6.07, 6.45) is 5.84. The number of anilines is 1. The van der Waals surface area contributed by atoms with Crippen LogP contribution in [0.1, 0.15) is 38.2 Å². The fourth-order valence-corrected chi connectivity index (χ4v) is 4.44. The van der Waals surface area contributed by atoms with Crippen molar-refractivity contribution < 1.29 is 28.6 Å². The number of hydrogen-bond donors (Lipinski definition) is 0. The van der Waals surface area contributed by atoms with Crippen molar-refractivity contribution in [2.75, 3.05) is 44.2 Å². The lowest BCUT2D eigenvalue weighted by Gasteiger charge is -2.33. The number of aromatic nitrogens is 2. The van der Waals surface area contributed by atoms with Gasteiger partial charge in [-0.3, -0.25) is 14.6 Å². The van der Waals surface area contributed by atoms with Crippen LogP contribution >= 0.6 is 0 Å². The van der Waals surface area contributed by atoms with Crippen molar-refractivity contribution in [2.45, 2.75) is 44.8 Å². The van der Waals surface area contributed by atoms with Gasteiger partial charge in [-0.25, -0.2) is 19.6 Å². The summed E-state index contributed by atoms with van der Waals surface area (Å²) in [6.45, 7) is 4.47. The molecule has 3 fully saturated rings. The fraction of sp³-hybridized carbons (Fsp3) is 0.519. The summed E-state index contributed by atoms with van der Waals surface area (Å²) in [7, 11) is 0. The van der Waals surface area contributed by atoms with Crippen molar-refractivity contribution in [1.82, 2.24) is 19.8 Å². The molecule has 3 amide bonds. The zero-order chi connectivity index (χ0) is 26.5. The van der Waals surface area contributed by atoms with E-state index < -0.39 is 6.09 Å². The van der Waals surface area contributed by atoms with Crippen molar-refractivity contribution in [2.24, 2.45) is 5.92 Å². The molecular weight excluding hydrogens is 490 g/mol. The summed E-state index contributed by atoms with van der Waals surface area (Å²) in [5.41, 5.74) is 0.630. The average Bonchev–Trinajstić information content (AvgIpc) is 3.67. The van der Waals surface area contributed by atoms with Crippen LogP contribution in [-0.4, -0.2) is 82.8 Å². The maximum Gasteiger partial charge on any atom is 0.410 e. The molecule has 2 aromatic rings. The van der Waals surface area contributed by atoms with Gasteiger partial charge in [-0.2, -0.15) is 0 Å². The van der Waals surface area contributed by atoms with Crippen LogP contribution in [0.15, 0.2) is 42.7 Å². The molecule has 11 heteroatoms. The Labute approximate surface area is 221 Å². The molecule has 1 aliphatic carbocycles. The second-order valence-electron chi connectivity index (χ2n) is 10.3. The molecule has 2 aliphatic heterocycles. The van der Waals surface area contributed by atoms with Crippen LogP contribution < -0.4 is 9.64 Å². The molecule has 3 heterocycles. The van der Waals surface area contributed by atoms with Crippen molar-refractivity contribution in [3.8, 4) is 5.88 Å². The van der Waals surface area contributed by atoms with Crippen LogP contribution in [0.5, 0.6) is 5.88 Å². The number of rotatable bonds is 7. The molecule has 0 N–H and O–H groups in total. The van der Waals surface area contributed by atoms with Crippen LogP contribution in [0.4, 0.5) is 15.4 Å². The Kier molecular flexibility index (Phi) is 7.62.